The third-order valence-corrected chi connectivity index (χ3v) is 6.01. The summed E-state index contributed by atoms with van der Waals surface area (Å²) in [5.74, 6) is -0.0370. The molecule has 176 valence electrons. The third-order valence-electron chi connectivity index (χ3n) is 6.01. The molecule has 0 spiro atoms. The first-order valence-electron chi connectivity index (χ1n) is 11.4. The van der Waals surface area contributed by atoms with Crippen molar-refractivity contribution < 1.29 is 14.3 Å². The molecule has 0 amide bonds. The second-order valence-electron chi connectivity index (χ2n) is 9.66. The number of carbonyl (C=O) groups is 1. The van der Waals surface area contributed by atoms with E-state index in [2.05, 4.69) is 39.0 Å². The fourth-order valence-corrected chi connectivity index (χ4v) is 4.01. The van der Waals surface area contributed by atoms with Crippen molar-refractivity contribution in [3.05, 3.63) is 112 Å². The molecule has 3 aromatic carbocycles. The van der Waals surface area contributed by atoms with Crippen LogP contribution in [0.5, 0.6) is 11.5 Å². The lowest BCUT2D eigenvalue weighted by atomic mass is 9.81. The zero-order valence-corrected chi connectivity index (χ0v) is 20.3. The third kappa shape index (κ3) is 5.28. The average Bonchev–Trinajstić information content (AvgIpc) is 2.82. The summed E-state index contributed by atoms with van der Waals surface area (Å²) in [6.07, 6.45) is 3.08. The van der Waals surface area contributed by atoms with Crippen LogP contribution in [0, 0.1) is 18.3 Å². The topological polar surface area (TPSA) is 85.3 Å². The second-order valence-corrected chi connectivity index (χ2v) is 9.66. The van der Waals surface area contributed by atoms with Crippen LogP contribution in [0.15, 0.2) is 84.3 Å². The molecule has 5 nitrogen and oxygen atoms in total. The van der Waals surface area contributed by atoms with Gasteiger partial charge in [-0.3, -0.25) is 0 Å². The van der Waals surface area contributed by atoms with Crippen LogP contribution in [0.25, 0.3) is 6.08 Å². The molecule has 5 heteroatoms. The summed E-state index contributed by atoms with van der Waals surface area (Å²) in [6, 6.07) is 23.4. The Labute approximate surface area is 206 Å². The van der Waals surface area contributed by atoms with E-state index in [1.54, 1.807) is 18.2 Å². The molecule has 0 bridgehead atoms. The lowest BCUT2D eigenvalue weighted by Gasteiger charge is -2.27. The van der Waals surface area contributed by atoms with E-state index >= 15 is 0 Å². The van der Waals surface area contributed by atoms with Crippen molar-refractivity contribution >= 4 is 12.0 Å². The van der Waals surface area contributed by atoms with Gasteiger partial charge in [0, 0.05) is 17.7 Å². The van der Waals surface area contributed by atoms with Crippen LogP contribution < -0.4 is 15.2 Å². The van der Waals surface area contributed by atoms with Crippen molar-refractivity contribution in [2.24, 2.45) is 5.73 Å². The maximum Gasteiger partial charge on any atom is 0.336 e. The van der Waals surface area contributed by atoms with Gasteiger partial charge < -0.3 is 15.2 Å². The first-order chi connectivity index (χ1) is 16.7. The van der Waals surface area contributed by atoms with Gasteiger partial charge in [-0.15, -0.1) is 0 Å². The number of fused-ring (bicyclic) bond motifs is 1. The maximum absolute atomic E-state index is 12.4. The SMILES string of the molecule is Cc1ccc(/C=C/C(=O)Oc2ccc3c(c2)OC(N)=C(C#N)C3c2ccc(C(C)(C)C)cc2)cc1. The van der Waals surface area contributed by atoms with Crippen LogP contribution in [0.4, 0.5) is 0 Å². The molecule has 1 aliphatic rings. The summed E-state index contributed by atoms with van der Waals surface area (Å²) >= 11 is 0. The minimum absolute atomic E-state index is 0.0196. The van der Waals surface area contributed by atoms with Crippen LogP contribution in [0.2, 0.25) is 0 Å². The highest BCUT2D eigenvalue weighted by atomic mass is 16.5. The Morgan fingerprint density at radius 3 is 2.37 bits per heavy atom. The number of allylic oxidation sites excluding steroid dienone is 1. The minimum atomic E-state index is -0.503. The van der Waals surface area contributed by atoms with Crippen molar-refractivity contribution in [3.63, 3.8) is 0 Å². The van der Waals surface area contributed by atoms with E-state index in [0.29, 0.717) is 17.1 Å². The van der Waals surface area contributed by atoms with E-state index in [4.69, 9.17) is 15.2 Å². The van der Waals surface area contributed by atoms with Crippen LogP contribution in [-0.2, 0) is 10.2 Å². The lowest BCUT2D eigenvalue weighted by molar-refractivity contribution is -0.128. The predicted molar refractivity (Wildman–Crippen MR) is 137 cm³/mol. The minimum Gasteiger partial charge on any atom is -0.440 e. The molecule has 1 unspecified atom stereocenters. The van der Waals surface area contributed by atoms with E-state index in [1.165, 1.54) is 11.6 Å². The molecule has 1 heterocycles. The molecule has 0 saturated heterocycles. The van der Waals surface area contributed by atoms with E-state index in [-0.39, 0.29) is 17.2 Å². The Morgan fingerprint density at radius 1 is 1.06 bits per heavy atom. The molecule has 1 atom stereocenters. The highest BCUT2D eigenvalue weighted by Gasteiger charge is 2.31. The molecule has 0 saturated carbocycles. The van der Waals surface area contributed by atoms with Crippen molar-refractivity contribution in [1.29, 1.82) is 5.26 Å². The Kier molecular flexibility index (Phi) is 6.48. The molecule has 0 fully saturated rings. The maximum atomic E-state index is 12.4. The van der Waals surface area contributed by atoms with Crippen molar-refractivity contribution in [3.8, 4) is 17.6 Å². The van der Waals surface area contributed by atoms with Crippen molar-refractivity contribution in [2.75, 3.05) is 0 Å². The van der Waals surface area contributed by atoms with E-state index in [0.717, 1.165) is 22.3 Å². The zero-order valence-electron chi connectivity index (χ0n) is 20.3. The summed E-state index contributed by atoms with van der Waals surface area (Å²) in [5.41, 5.74) is 11.5. The van der Waals surface area contributed by atoms with Crippen molar-refractivity contribution in [2.45, 2.75) is 39.0 Å². The number of rotatable bonds is 4. The van der Waals surface area contributed by atoms with Gasteiger partial charge in [0.2, 0.25) is 5.88 Å². The second kappa shape index (κ2) is 9.52. The Morgan fingerprint density at radius 2 is 1.74 bits per heavy atom. The molecular weight excluding hydrogens is 436 g/mol. The summed E-state index contributed by atoms with van der Waals surface area (Å²) < 4.78 is 11.2. The fourth-order valence-electron chi connectivity index (χ4n) is 4.01. The number of aryl methyl sites for hydroxylation is 1. The van der Waals surface area contributed by atoms with E-state index < -0.39 is 5.97 Å². The summed E-state index contributed by atoms with van der Waals surface area (Å²) in [4.78, 5) is 12.4. The zero-order chi connectivity index (χ0) is 25.2. The smallest absolute Gasteiger partial charge is 0.336 e. The molecule has 0 aromatic heterocycles. The monoisotopic (exact) mass is 464 g/mol. The summed E-state index contributed by atoms with van der Waals surface area (Å²) in [6.45, 7) is 8.47. The molecule has 1 aliphatic heterocycles. The van der Waals surface area contributed by atoms with Crippen molar-refractivity contribution in [1.82, 2.24) is 0 Å². The van der Waals surface area contributed by atoms with Gasteiger partial charge in [0.15, 0.2) is 0 Å². The molecule has 35 heavy (non-hydrogen) atoms. The van der Waals surface area contributed by atoms with Gasteiger partial charge in [0.05, 0.1) is 5.92 Å². The Balaban J connectivity index is 1.59. The van der Waals surface area contributed by atoms with Gasteiger partial charge >= 0.3 is 5.97 Å². The number of hydrogen-bond donors (Lipinski definition) is 1. The average molecular weight is 465 g/mol. The Bertz CT molecular complexity index is 1350. The quantitative estimate of drug-likeness (QED) is 0.285. The van der Waals surface area contributed by atoms with Gasteiger partial charge in [-0.25, -0.2) is 4.79 Å². The molecular formula is C30H28N2O3. The van der Waals surface area contributed by atoms with Crippen LogP contribution >= 0.6 is 0 Å². The number of nitrogens with zero attached hydrogens (tertiary/aromatic N) is 1. The lowest BCUT2D eigenvalue weighted by Crippen LogP contribution is -2.21. The van der Waals surface area contributed by atoms with E-state index in [9.17, 15) is 10.1 Å². The molecule has 0 radical (unpaired) electrons. The summed E-state index contributed by atoms with van der Waals surface area (Å²) in [7, 11) is 0. The first kappa shape index (κ1) is 23.8. The number of hydrogen-bond acceptors (Lipinski definition) is 5. The van der Waals surface area contributed by atoms with Gasteiger partial charge in [0.1, 0.15) is 23.1 Å². The number of carbonyl (C=O) groups excluding carboxylic acids is 1. The highest BCUT2D eigenvalue weighted by Crippen LogP contribution is 2.43. The molecule has 0 aliphatic carbocycles. The van der Waals surface area contributed by atoms with Crippen LogP contribution in [0.3, 0.4) is 0 Å². The molecule has 4 rings (SSSR count). The highest BCUT2D eigenvalue weighted by molar-refractivity contribution is 5.88. The largest absolute Gasteiger partial charge is 0.440 e. The van der Waals surface area contributed by atoms with Crippen LogP contribution in [0.1, 0.15) is 54.5 Å². The van der Waals surface area contributed by atoms with Gasteiger partial charge in [0.25, 0.3) is 0 Å². The normalized spacial score (nSPS) is 15.3. The number of nitrogens with two attached hydrogens (primary N) is 1. The first-order valence-corrected chi connectivity index (χ1v) is 11.4. The predicted octanol–water partition coefficient (Wildman–Crippen LogP) is 6.13. The Hall–Kier alpha value is -4.30. The summed E-state index contributed by atoms with van der Waals surface area (Å²) in [5, 5.41) is 9.80. The van der Waals surface area contributed by atoms with Gasteiger partial charge in [-0.05, 0) is 41.2 Å². The number of benzene rings is 3. The van der Waals surface area contributed by atoms with Gasteiger partial charge in [-0.2, -0.15) is 5.26 Å². The van der Waals surface area contributed by atoms with Crippen LogP contribution in [-0.4, -0.2) is 5.97 Å². The molecule has 2 N–H and O–H groups in total. The fraction of sp³-hybridized carbons (Fsp3) is 0.200. The van der Waals surface area contributed by atoms with E-state index in [1.807, 2.05) is 49.4 Å². The van der Waals surface area contributed by atoms with Gasteiger partial charge in [-0.1, -0.05) is 80.9 Å². The number of nitriles is 1. The molecule has 3 aromatic rings. The standard InChI is InChI=1S/C30H28N2O3/c1-19-5-7-20(8-6-19)9-16-27(33)34-23-14-15-24-26(17-23)35-29(32)25(18-31)28(24)21-10-12-22(13-11-21)30(2,3)4/h5-17,28H,32H2,1-4H3/b16-9+. The number of ether oxygens (including phenoxy) is 2. The number of esters is 1.